The van der Waals surface area contributed by atoms with Crippen molar-refractivity contribution in [3.63, 3.8) is 0 Å². The maximum Gasteiger partial charge on any atom is 0.215 e. The van der Waals surface area contributed by atoms with Gasteiger partial charge in [-0.2, -0.15) is 0 Å². The second-order valence-electron chi connectivity index (χ2n) is 3.93. The summed E-state index contributed by atoms with van der Waals surface area (Å²) < 4.78 is 38.7. The smallest absolute Gasteiger partial charge is 0.215 e. The molecule has 104 valence electrons. The van der Waals surface area contributed by atoms with Gasteiger partial charge in [0.15, 0.2) is 0 Å². The lowest BCUT2D eigenvalue weighted by Crippen LogP contribution is -2.37. The second kappa shape index (κ2) is 7.68. The highest BCUT2D eigenvalue weighted by Crippen LogP contribution is 2.07. The molecule has 0 spiro atoms. The van der Waals surface area contributed by atoms with Gasteiger partial charge in [0, 0.05) is 12.6 Å². The highest BCUT2D eigenvalue weighted by atomic mass is 35.5. The van der Waals surface area contributed by atoms with E-state index in [1.54, 1.807) is 13.1 Å². The van der Waals surface area contributed by atoms with Crippen molar-refractivity contribution >= 4 is 22.4 Å². The Labute approximate surface area is 113 Å². The Morgan fingerprint density at radius 1 is 1.39 bits per heavy atom. The first-order chi connectivity index (χ1) is 7.93. The molecule has 0 fully saturated rings. The Hall–Kier alpha value is -0.690. The molecule has 1 unspecified atom stereocenters. The van der Waals surface area contributed by atoms with Gasteiger partial charge in [-0.25, -0.2) is 17.5 Å². The van der Waals surface area contributed by atoms with E-state index in [-0.39, 0.29) is 24.2 Å². The van der Waals surface area contributed by atoms with Crippen LogP contribution in [0.1, 0.15) is 12.5 Å². The van der Waals surface area contributed by atoms with E-state index in [9.17, 15) is 12.8 Å². The Morgan fingerprint density at radius 2 is 2.06 bits per heavy atom. The monoisotopic (exact) mass is 296 g/mol. The van der Waals surface area contributed by atoms with E-state index in [1.807, 2.05) is 6.92 Å². The van der Waals surface area contributed by atoms with Gasteiger partial charge in [0.2, 0.25) is 10.0 Å². The van der Waals surface area contributed by atoms with E-state index >= 15 is 0 Å². The highest BCUT2D eigenvalue weighted by Gasteiger charge is 2.12. The van der Waals surface area contributed by atoms with Crippen LogP contribution >= 0.6 is 12.4 Å². The topological polar surface area (TPSA) is 58.2 Å². The number of hydrogen-bond acceptors (Lipinski definition) is 3. The van der Waals surface area contributed by atoms with Crippen molar-refractivity contribution in [3.05, 3.63) is 35.6 Å². The molecule has 0 aliphatic rings. The van der Waals surface area contributed by atoms with Gasteiger partial charge in [0.05, 0.1) is 5.75 Å². The molecule has 0 saturated heterocycles. The predicted molar refractivity (Wildman–Crippen MR) is 72.8 cm³/mol. The third-order valence-electron chi connectivity index (χ3n) is 2.35. The fourth-order valence-corrected chi connectivity index (χ4v) is 2.48. The Morgan fingerprint density at radius 3 is 2.61 bits per heavy atom. The lowest BCUT2D eigenvalue weighted by molar-refractivity contribution is 0.553. The minimum Gasteiger partial charge on any atom is -0.316 e. The maximum absolute atomic E-state index is 12.9. The van der Waals surface area contributed by atoms with Crippen molar-refractivity contribution in [2.24, 2.45) is 0 Å². The fourth-order valence-electron chi connectivity index (χ4n) is 1.25. The van der Waals surface area contributed by atoms with E-state index in [0.29, 0.717) is 12.1 Å². The summed E-state index contributed by atoms with van der Waals surface area (Å²) in [7, 11) is -1.66. The zero-order chi connectivity index (χ0) is 12.9. The number of hydrogen-bond donors (Lipinski definition) is 2. The Balaban J connectivity index is 0.00000289. The summed E-state index contributed by atoms with van der Waals surface area (Å²) in [6.45, 7) is 2.18. The number of nitrogens with one attached hydrogen (secondary N) is 2. The quantitative estimate of drug-likeness (QED) is 0.831. The van der Waals surface area contributed by atoms with Crippen molar-refractivity contribution < 1.29 is 12.8 Å². The van der Waals surface area contributed by atoms with Crippen LogP contribution in [-0.2, 0) is 15.8 Å². The van der Waals surface area contributed by atoms with Gasteiger partial charge in [-0.05, 0) is 31.7 Å². The van der Waals surface area contributed by atoms with Gasteiger partial charge in [-0.15, -0.1) is 12.4 Å². The number of sulfonamides is 1. The Bertz CT molecular complexity index is 468. The van der Waals surface area contributed by atoms with Gasteiger partial charge in [-0.1, -0.05) is 12.1 Å². The SMILES string of the molecule is CNC(C)CNS(=O)(=O)Cc1cccc(F)c1.Cl. The molecule has 0 saturated carbocycles. The van der Waals surface area contributed by atoms with Crippen LogP contribution < -0.4 is 10.0 Å². The lowest BCUT2D eigenvalue weighted by Gasteiger charge is -2.11. The summed E-state index contributed by atoms with van der Waals surface area (Å²) in [4.78, 5) is 0. The Kier molecular flexibility index (Phi) is 7.39. The van der Waals surface area contributed by atoms with Crippen molar-refractivity contribution in [2.45, 2.75) is 18.7 Å². The molecule has 7 heteroatoms. The molecule has 4 nitrogen and oxygen atoms in total. The first-order valence-electron chi connectivity index (χ1n) is 5.32. The largest absolute Gasteiger partial charge is 0.316 e. The van der Waals surface area contributed by atoms with Crippen molar-refractivity contribution in [1.29, 1.82) is 0 Å². The van der Waals surface area contributed by atoms with Crippen LogP contribution in [0.2, 0.25) is 0 Å². The zero-order valence-electron chi connectivity index (χ0n) is 10.3. The average molecular weight is 297 g/mol. The zero-order valence-corrected chi connectivity index (χ0v) is 11.9. The number of likely N-dealkylation sites (N-methyl/N-ethyl adjacent to an activating group) is 1. The molecule has 0 amide bonds. The third kappa shape index (κ3) is 6.30. The molecular weight excluding hydrogens is 279 g/mol. The molecule has 1 aromatic rings. The molecule has 2 N–H and O–H groups in total. The van der Waals surface area contributed by atoms with Crippen molar-refractivity contribution in [2.75, 3.05) is 13.6 Å². The van der Waals surface area contributed by atoms with E-state index in [0.717, 1.165) is 0 Å². The predicted octanol–water partition coefficient (Wildman–Crippen LogP) is 1.27. The first kappa shape index (κ1) is 17.3. The van der Waals surface area contributed by atoms with Crippen LogP contribution in [0.3, 0.4) is 0 Å². The van der Waals surface area contributed by atoms with Gasteiger partial charge >= 0.3 is 0 Å². The summed E-state index contributed by atoms with van der Waals surface area (Å²) in [5.41, 5.74) is 0.439. The fraction of sp³-hybridized carbons (Fsp3) is 0.455. The van der Waals surface area contributed by atoms with E-state index in [2.05, 4.69) is 10.0 Å². The van der Waals surface area contributed by atoms with E-state index in [4.69, 9.17) is 0 Å². The third-order valence-corrected chi connectivity index (χ3v) is 3.67. The van der Waals surface area contributed by atoms with Gasteiger partial charge < -0.3 is 5.32 Å². The van der Waals surface area contributed by atoms with Gasteiger partial charge in [0.1, 0.15) is 5.82 Å². The molecule has 0 aliphatic heterocycles. The lowest BCUT2D eigenvalue weighted by atomic mass is 10.2. The number of rotatable bonds is 6. The van der Waals surface area contributed by atoms with Crippen LogP contribution in [0.4, 0.5) is 4.39 Å². The second-order valence-corrected chi connectivity index (χ2v) is 5.73. The number of halogens is 2. The average Bonchev–Trinajstić information content (AvgIpc) is 2.25. The van der Waals surface area contributed by atoms with E-state index in [1.165, 1.54) is 18.2 Å². The molecule has 0 radical (unpaired) electrons. The van der Waals surface area contributed by atoms with Gasteiger partial charge in [-0.3, -0.25) is 0 Å². The van der Waals surface area contributed by atoms with Crippen LogP contribution in [0.15, 0.2) is 24.3 Å². The summed E-state index contributed by atoms with van der Waals surface area (Å²) in [5.74, 6) is -0.637. The molecule has 0 aromatic heterocycles. The normalized spacial score (nSPS) is 12.8. The molecule has 1 atom stereocenters. The number of benzene rings is 1. The molecule has 18 heavy (non-hydrogen) atoms. The summed E-state index contributed by atoms with van der Waals surface area (Å²) in [6, 6.07) is 5.64. The molecule has 1 rings (SSSR count). The summed E-state index contributed by atoms with van der Waals surface area (Å²) >= 11 is 0. The molecule has 0 aliphatic carbocycles. The minimum absolute atomic E-state index is 0. The first-order valence-corrected chi connectivity index (χ1v) is 6.97. The van der Waals surface area contributed by atoms with Crippen LogP contribution in [0.25, 0.3) is 0 Å². The standard InChI is InChI=1S/C11H17FN2O2S.ClH/c1-9(13-2)7-14-17(15,16)8-10-4-3-5-11(12)6-10;/h3-6,9,13-14H,7-8H2,1-2H3;1H. The highest BCUT2D eigenvalue weighted by molar-refractivity contribution is 7.88. The summed E-state index contributed by atoms with van der Waals surface area (Å²) in [6.07, 6.45) is 0. The van der Waals surface area contributed by atoms with Crippen LogP contribution in [-0.4, -0.2) is 28.1 Å². The van der Waals surface area contributed by atoms with Gasteiger partial charge in [0.25, 0.3) is 0 Å². The summed E-state index contributed by atoms with van der Waals surface area (Å²) in [5, 5.41) is 2.92. The molecule has 0 heterocycles. The van der Waals surface area contributed by atoms with E-state index < -0.39 is 15.8 Å². The van der Waals surface area contributed by atoms with Crippen LogP contribution in [0.5, 0.6) is 0 Å². The molecule has 0 bridgehead atoms. The minimum atomic E-state index is -3.41. The van der Waals surface area contributed by atoms with Crippen LogP contribution in [0, 0.1) is 5.82 Å². The molecule has 1 aromatic carbocycles. The molecular formula is C11H18ClFN2O2S. The van der Waals surface area contributed by atoms with Crippen molar-refractivity contribution in [1.82, 2.24) is 10.0 Å². The van der Waals surface area contributed by atoms with Crippen molar-refractivity contribution in [3.8, 4) is 0 Å². The maximum atomic E-state index is 12.9.